The van der Waals surface area contributed by atoms with Crippen LogP contribution in [0.25, 0.3) is 10.8 Å². The van der Waals surface area contributed by atoms with E-state index in [0.29, 0.717) is 5.75 Å². The minimum Gasteiger partial charge on any atom is -0.481 e. The number of rotatable bonds is 4. The fourth-order valence-corrected chi connectivity index (χ4v) is 3.84. The van der Waals surface area contributed by atoms with Crippen molar-refractivity contribution in [3.8, 4) is 5.75 Å². The monoisotopic (exact) mass is 388 g/mol. The van der Waals surface area contributed by atoms with Gasteiger partial charge in [0.2, 0.25) is 5.91 Å². The summed E-state index contributed by atoms with van der Waals surface area (Å²) in [6.45, 7) is 1.66. The van der Waals surface area contributed by atoms with Crippen LogP contribution in [0.15, 0.2) is 66.7 Å². The van der Waals surface area contributed by atoms with Crippen molar-refractivity contribution in [2.45, 2.75) is 38.2 Å². The summed E-state index contributed by atoms with van der Waals surface area (Å²) in [5, 5.41) is 2.15. The molecule has 148 valence electrons. The number of benzene rings is 3. The molecule has 1 aliphatic rings. The van der Waals surface area contributed by atoms with Crippen LogP contribution in [0.2, 0.25) is 0 Å². The van der Waals surface area contributed by atoms with Gasteiger partial charge in [-0.05, 0) is 60.2 Å². The molecule has 2 unspecified atom stereocenters. The molecule has 2 amide bonds. The van der Waals surface area contributed by atoms with Gasteiger partial charge in [0.25, 0.3) is 5.91 Å². The van der Waals surface area contributed by atoms with Crippen LogP contribution in [-0.2, 0) is 16.0 Å². The van der Waals surface area contributed by atoms with E-state index in [1.54, 1.807) is 6.92 Å². The Morgan fingerprint density at radius 1 is 0.966 bits per heavy atom. The first kappa shape index (κ1) is 19.0. The summed E-state index contributed by atoms with van der Waals surface area (Å²) in [4.78, 5) is 25.0. The molecule has 3 aromatic rings. The molecule has 0 saturated heterocycles. The zero-order chi connectivity index (χ0) is 20.2. The molecule has 2 atom stereocenters. The Bertz CT molecular complexity index is 1050. The number of aryl methyl sites for hydroxylation is 1. The number of hydrazine groups is 1. The number of ether oxygens (including phenoxy) is 1. The average molecular weight is 388 g/mol. The predicted molar refractivity (Wildman–Crippen MR) is 112 cm³/mol. The highest BCUT2D eigenvalue weighted by molar-refractivity contribution is 5.88. The van der Waals surface area contributed by atoms with E-state index in [2.05, 4.69) is 16.9 Å². The van der Waals surface area contributed by atoms with Gasteiger partial charge >= 0.3 is 0 Å². The second-order valence-corrected chi connectivity index (χ2v) is 7.39. The van der Waals surface area contributed by atoms with Crippen LogP contribution < -0.4 is 15.6 Å². The molecule has 5 heteroatoms. The summed E-state index contributed by atoms with van der Waals surface area (Å²) in [6.07, 6.45) is 1.99. The van der Waals surface area contributed by atoms with Crippen LogP contribution in [0.1, 0.15) is 36.8 Å². The van der Waals surface area contributed by atoms with Gasteiger partial charge in [-0.15, -0.1) is 0 Å². The third kappa shape index (κ3) is 4.24. The Hall–Kier alpha value is -3.34. The lowest BCUT2D eigenvalue weighted by atomic mass is 9.82. The molecule has 0 bridgehead atoms. The first-order chi connectivity index (χ1) is 14.1. The number of carbonyl (C=O) groups excluding carboxylic acids is 2. The predicted octanol–water partition coefficient (Wildman–Crippen LogP) is 3.87. The van der Waals surface area contributed by atoms with Crippen molar-refractivity contribution in [2.24, 2.45) is 0 Å². The second-order valence-electron chi connectivity index (χ2n) is 7.39. The van der Waals surface area contributed by atoms with Crippen molar-refractivity contribution in [3.63, 3.8) is 0 Å². The van der Waals surface area contributed by atoms with E-state index < -0.39 is 12.0 Å². The molecule has 0 spiro atoms. The number of fused-ring (bicyclic) bond motifs is 2. The molecule has 5 nitrogen and oxygen atoms in total. The highest BCUT2D eigenvalue weighted by Crippen LogP contribution is 2.31. The lowest BCUT2D eigenvalue weighted by Crippen LogP contribution is -2.48. The Balaban J connectivity index is 1.35. The van der Waals surface area contributed by atoms with Crippen molar-refractivity contribution in [1.29, 1.82) is 0 Å². The van der Waals surface area contributed by atoms with E-state index >= 15 is 0 Å². The quantitative estimate of drug-likeness (QED) is 0.667. The standard InChI is InChI=1S/C24H24N2O3/c1-16(29-20-14-13-17-7-2-3-9-19(17)15-20)23(27)25-26-24(28)22-12-6-10-18-8-4-5-11-21(18)22/h2-5,7-9,11,13-16,22H,6,10,12H2,1H3,(H,25,27)(H,26,28). The maximum atomic E-state index is 12.6. The molecule has 0 saturated carbocycles. The third-order valence-electron chi connectivity index (χ3n) is 5.40. The molecular weight excluding hydrogens is 364 g/mol. The van der Waals surface area contributed by atoms with Crippen LogP contribution in [0.3, 0.4) is 0 Å². The maximum absolute atomic E-state index is 12.6. The smallest absolute Gasteiger partial charge is 0.279 e. The van der Waals surface area contributed by atoms with Gasteiger partial charge in [0.15, 0.2) is 6.10 Å². The fraction of sp³-hybridized carbons (Fsp3) is 0.250. The number of amides is 2. The molecule has 0 aromatic heterocycles. The van der Waals surface area contributed by atoms with E-state index in [1.165, 1.54) is 5.56 Å². The zero-order valence-electron chi connectivity index (χ0n) is 16.4. The summed E-state index contributed by atoms with van der Waals surface area (Å²) in [6, 6.07) is 21.6. The molecule has 0 fully saturated rings. The lowest BCUT2D eigenvalue weighted by molar-refractivity contribution is -0.133. The highest BCUT2D eigenvalue weighted by atomic mass is 16.5. The van der Waals surface area contributed by atoms with E-state index in [4.69, 9.17) is 4.74 Å². The Morgan fingerprint density at radius 2 is 1.72 bits per heavy atom. The largest absolute Gasteiger partial charge is 0.481 e. The molecule has 3 aromatic carbocycles. The van der Waals surface area contributed by atoms with Crippen LogP contribution in [0, 0.1) is 0 Å². The number of carbonyl (C=O) groups is 2. The van der Waals surface area contributed by atoms with Gasteiger partial charge in [-0.1, -0.05) is 54.6 Å². The van der Waals surface area contributed by atoms with Gasteiger partial charge in [-0.2, -0.15) is 0 Å². The first-order valence-electron chi connectivity index (χ1n) is 9.95. The Morgan fingerprint density at radius 3 is 2.59 bits per heavy atom. The van der Waals surface area contributed by atoms with Gasteiger partial charge in [0, 0.05) is 0 Å². The minimum atomic E-state index is -0.741. The normalized spacial score (nSPS) is 16.5. The fourth-order valence-electron chi connectivity index (χ4n) is 3.84. The highest BCUT2D eigenvalue weighted by Gasteiger charge is 2.27. The molecule has 0 heterocycles. The molecule has 2 N–H and O–H groups in total. The summed E-state index contributed by atoms with van der Waals surface area (Å²) in [7, 11) is 0. The molecular formula is C24H24N2O3. The topological polar surface area (TPSA) is 67.4 Å². The van der Waals surface area contributed by atoms with Crippen LogP contribution >= 0.6 is 0 Å². The molecule has 29 heavy (non-hydrogen) atoms. The summed E-state index contributed by atoms with van der Waals surface area (Å²) >= 11 is 0. The van der Waals surface area contributed by atoms with Crippen LogP contribution in [0.4, 0.5) is 0 Å². The van der Waals surface area contributed by atoms with Gasteiger partial charge in [-0.3, -0.25) is 20.4 Å². The second kappa shape index (κ2) is 8.35. The van der Waals surface area contributed by atoms with Crippen molar-refractivity contribution < 1.29 is 14.3 Å². The van der Waals surface area contributed by atoms with Gasteiger partial charge in [-0.25, -0.2) is 0 Å². The molecule has 0 radical (unpaired) electrons. The number of hydrogen-bond donors (Lipinski definition) is 2. The van der Waals surface area contributed by atoms with Crippen LogP contribution in [-0.4, -0.2) is 17.9 Å². The lowest BCUT2D eigenvalue weighted by Gasteiger charge is -2.25. The van der Waals surface area contributed by atoms with Crippen molar-refractivity contribution >= 4 is 22.6 Å². The number of hydrogen-bond acceptors (Lipinski definition) is 3. The molecule has 0 aliphatic heterocycles. The summed E-state index contributed by atoms with van der Waals surface area (Å²) in [5.41, 5.74) is 7.33. The SMILES string of the molecule is CC(Oc1ccc2ccccc2c1)C(=O)NNC(=O)C1CCCc2ccccc21. The maximum Gasteiger partial charge on any atom is 0.279 e. The molecule has 4 rings (SSSR count). The first-order valence-corrected chi connectivity index (χ1v) is 9.95. The van der Waals surface area contributed by atoms with Gasteiger partial charge in [0.05, 0.1) is 5.92 Å². The Labute approximate surface area is 170 Å². The zero-order valence-corrected chi connectivity index (χ0v) is 16.4. The van der Waals surface area contributed by atoms with E-state index in [-0.39, 0.29) is 11.8 Å². The summed E-state index contributed by atoms with van der Waals surface area (Å²) < 4.78 is 5.75. The Kier molecular flexibility index (Phi) is 5.47. The number of nitrogens with one attached hydrogen (secondary N) is 2. The van der Waals surface area contributed by atoms with E-state index in [0.717, 1.165) is 35.6 Å². The van der Waals surface area contributed by atoms with Crippen molar-refractivity contribution in [1.82, 2.24) is 10.9 Å². The summed E-state index contributed by atoms with van der Waals surface area (Å²) in [5.74, 6) is -0.213. The van der Waals surface area contributed by atoms with Crippen molar-refractivity contribution in [3.05, 3.63) is 77.9 Å². The van der Waals surface area contributed by atoms with Gasteiger partial charge < -0.3 is 4.74 Å². The average Bonchev–Trinajstić information content (AvgIpc) is 2.76. The van der Waals surface area contributed by atoms with Crippen LogP contribution in [0.5, 0.6) is 5.75 Å². The minimum absolute atomic E-state index is 0.191. The third-order valence-corrected chi connectivity index (χ3v) is 5.40. The molecule has 1 aliphatic carbocycles. The van der Waals surface area contributed by atoms with Gasteiger partial charge in [0.1, 0.15) is 5.75 Å². The van der Waals surface area contributed by atoms with E-state index in [1.807, 2.05) is 60.7 Å². The van der Waals surface area contributed by atoms with Crippen molar-refractivity contribution in [2.75, 3.05) is 0 Å². The van der Waals surface area contributed by atoms with E-state index in [9.17, 15) is 9.59 Å².